The van der Waals surface area contributed by atoms with Gasteiger partial charge in [-0.15, -0.1) is 11.8 Å². The molecule has 2 aromatic rings. The van der Waals surface area contributed by atoms with Crippen molar-refractivity contribution in [2.45, 2.75) is 24.6 Å². The van der Waals surface area contributed by atoms with E-state index in [0.29, 0.717) is 5.75 Å². The average Bonchev–Trinajstić information content (AvgIpc) is 3.28. The van der Waals surface area contributed by atoms with Gasteiger partial charge in [-0.3, -0.25) is 14.5 Å². The Kier molecular flexibility index (Phi) is 5.18. The third-order valence-electron chi connectivity index (χ3n) is 4.98. The molecule has 0 bridgehead atoms. The summed E-state index contributed by atoms with van der Waals surface area (Å²) < 4.78 is 4.83. The van der Waals surface area contributed by atoms with Crippen LogP contribution in [0.1, 0.15) is 28.5 Å². The van der Waals surface area contributed by atoms with Crippen molar-refractivity contribution >= 4 is 35.0 Å². The standard InChI is InChI=1S/C21H22N2O3S/c1-26-12-19(24)22-17-8-5-15(6-9-17)21-23(20(25)13-27-21)18-10-7-14-3-2-4-16(14)11-18/h5-11,21H,2-4,12-13H2,1H3,(H,22,24). The zero-order valence-corrected chi connectivity index (χ0v) is 16.1. The first-order valence-corrected chi connectivity index (χ1v) is 10.1. The first-order valence-electron chi connectivity index (χ1n) is 9.10. The van der Waals surface area contributed by atoms with Crippen molar-refractivity contribution in [3.05, 3.63) is 59.2 Å². The second-order valence-electron chi connectivity index (χ2n) is 6.84. The summed E-state index contributed by atoms with van der Waals surface area (Å²) in [6, 6.07) is 14.1. The van der Waals surface area contributed by atoms with Crippen LogP contribution in [0.15, 0.2) is 42.5 Å². The highest BCUT2D eigenvalue weighted by atomic mass is 32.2. The molecule has 5 nitrogen and oxygen atoms in total. The molecule has 0 spiro atoms. The van der Waals surface area contributed by atoms with Crippen LogP contribution in [0.5, 0.6) is 0 Å². The summed E-state index contributed by atoms with van der Waals surface area (Å²) in [5.74, 6) is 0.435. The monoisotopic (exact) mass is 382 g/mol. The zero-order valence-electron chi connectivity index (χ0n) is 15.2. The van der Waals surface area contributed by atoms with E-state index in [1.165, 1.54) is 24.7 Å². The van der Waals surface area contributed by atoms with E-state index in [9.17, 15) is 9.59 Å². The molecule has 1 atom stereocenters. The number of nitrogens with one attached hydrogen (secondary N) is 1. The van der Waals surface area contributed by atoms with E-state index < -0.39 is 0 Å². The lowest BCUT2D eigenvalue weighted by Gasteiger charge is -2.25. The van der Waals surface area contributed by atoms with Gasteiger partial charge in [-0.25, -0.2) is 0 Å². The largest absolute Gasteiger partial charge is 0.375 e. The fraction of sp³-hybridized carbons (Fsp3) is 0.333. The molecule has 2 aliphatic rings. The SMILES string of the molecule is COCC(=O)Nc1ccc(C2SCC(=O)N2c2ccc3c(c2)CCC3)cc1. The lowest BCUT2D eigenvalue weighted by molar-refractivity contribution is -0.119. The summed E-state index contributed by atoms with van der Waals surface area (Å²) in [4.78, 5) is 26.1. The highest BCUT2D eigenvalue weighted by molar-refractivity contribution is 8.00. The topological polar surface area (TPSA) is 58.6 Å². The molecule has 0 aromatic heterocycles. The number of anilines is 2. The summed E-state index contributed by atoms with van der Waals surface area (Å²) in [6.07, 6.45) is 3.43. The molecule has 4 rings (SSSR count). The molecular formula is C21H22N2O3S. The summed E-state index contributed by atoms with van der Waals surface area (Å²) in [5, 5.41) is 2.75. The second kappa shape index (κ2) is 7.74. The van der Waals surface area contributed by atoms with Gasteiger partial charge in [0.05, 0.1) is 5.75 Å². The number of thioether (sulfide) groups is 1. The average molecular weight is 382 g/mol. The molecule has 1 saturated heterocycles. The molecular weight excluding hydrogens is 360 g/mol. The molecule has 1 fully saturated rings. The number of carbonyl (C=O) groups is 2. The van der Waals surface area contributed by atoms with Crippen LogP contribution < -0.4 is 10.2 Å². The smallest absolute Gasteiger partial charge is 0.250 e. The molecule has 2 aromatic carbocycles. The Hall–Kier alpha value is -2.31. The lowest BCUT2D eigenvalue weighted by Crippen LogP contribution is -2.28. The Labute approximate surface area is 163 Å². The highest BCUT2D eigenvalue weighted by Crippen LogP contribution is 2.42. The number of aryl methyl sites for hydroxylation is 2. The maximum atomic E-state index is 12.6. The Morgan fingerprint density at radius 1 is 1.19 bits per heavy atom. The number of carbonyl (C=O) groups excluding carboxylic acids is 2. The maximum Gasteiger partial charge on any atom is 0.250 e. The first kappa shape index (κ1) is 18.1. The first-order chi connectivity index (χ1) is 13.2. The van der Waals surface area contributed by atoms with Crippen molar-refractivity contribution < 1.29 is 14.3 Å². The Morgan fingerprint density at radius 2 is 1.96 bits per heavy atom. The fourth-order valence-electron chi connectivity index (χ4n) is 3.72. The van der Waals surface area contributed by atoms with Crippen molar-refractivity contribution in [1.29, 1.82) is 0 Å². The number of amides is 2. The van der Waals surface area contributed by atoms with Crippen molar-refractivity contribution in [3.63, 3.8) is 0 Å². The molecule has 2 amide bonds. The number of fused-ring (bicyclic) bond motifs is 1. The van der Waals surface area contributed by atoms with Crippen molar-refractivity contribution in [2.75, 3.05) is 29.7 Å². The maximum absolute atomic E-state index is 12.6. The molecule has 27 heavy (non-hydrogen) atoms. The predicted octanol–water partition coefficient (Wildman–Crippen LogP) is 3.54. The number of methoxy groups -OCH3 is 1. The molecule has 1 N–H and O–H groups in total. The van der Waals surface area contributed by atoms with E-state index in [1.807, 2.05) is 29.2 Å². The van der Waals surface area contributed by atoms with Crippen LogP contribution in [-0.2, 0) is 27.2 Å². The Morgan fingerprint density at radius 3 is 2.74 bits per heavy atom. The summed E-state index contributed by atoms with van der Waals surface area (Å²) >= 11 is 1.64. The van der Waals surface area contributed by atoms with Crippen molar-refractivity contribution in [3.8, 4) is 0 Å². The van der Waals surface area contributed by atoms with Crippen molar-refractivity contribution in [2.24, 2.45) is 0 Å². The van der Waals surface area contributed by atoms with Gasteiger partial charge in [-0.2, -0.15) is 0 Å². The third kappa shape index (κ3) is 3.73. The van der Waals surface area contributed by atoms with Crippen LogP contribution in [0.3, 0.4) is 0 Å². The number of rotatable bonds is 5. The minimum atomic E-state index is -0.185. The molecule has 0 radical (unpaired) electrons. The van der Waals surface area contributed by atoms with Crippen LogP contribution in [0.4, 0.5) is 11.4 Å². The molecule has 1 unspecified atom stereocenters. The van der Waals surface area contributed by atoms with Crippen LogP contribution in [0.25, 0.3) is 0 Å². The van der Waals surface area contributed by atoms with Gasteiger partial charge in [-0.1, -0.05) is 18.2 Å². The van der Waals surface area contributed by atoms with Crippen LogP contribution in [0.2, 0.25) is 0 Å². The molecule has 6 heteroatoms. The van der Waals surface area contributed by atoms with Gasteiger partial charge in [0.15, 0.2) is 0 Å². The van der Waals surface area contributed by atoms with Gasteiger partial charge < -0.3 is 10.1 Å². The number of hydrogen-bond donors (Lipinski definition) is 1. The minimum Gasteiger partial charge on any atom is -0.375 e. The predicted molar refractivity (Wildman–Crippen MR) is 108 cm³/mol. The minimum absolute atomic E-state index is 0.0286. The van der Waals surface area contributed by atoms with Gasteiger partial charge in [-0.05, 0) is 60.2 Å². The van der Waals surface area contributed by atoms with E-state index in [-0.39, 0.29) is 23.8 Å². The van der Waals surface area contributed by atoms with E-state index >= 15 is 0 Å². The quantitative estimate of drug-likeness (QED) is 0.859. The van der Waals surface area contributed by atoms with E-state index in [2.05, 4.69) is 23.5 Å². The molecule has 1 heterocycles. The fourth-order valence-corrected chi connectivity index (χ4v) is 4.89. The van der Waals surface area contributed by atoms with E-state index in [4.69, 9.17) is 4.74 Å². The lowest BCUT2D eigenvalue weighted by atomic mass is 10.1. The number of benzene rings is 2. The zero-order chi connectivity index (χ0) is 18.8. The van der Waals surface area contributed by atoms with Gasteiger partial charge in [0, 0.05) is 18.5 Å². The number of nitrogens with zero attached hydrogens (tertiary/aromatic N) is 1. The molecule has 140 valence electrons. The molecule has 0 saturated carbocycles. The van der Waals surface area contributed by atoms with Crippen molar-refractivity contribution in [1.82, 2.24) is 0 Å². The van der Waals surface area contributed by atoms with Gasteiger partial charge in [0.1, 0.15) is 12.0 Å². The summed E-state index contributed by atoms with van der Waals surface area (Å²) in [5.41, 5.74) is 5.53. The summed E-state index contributed by atoms with van der Waals surface area (Å²) in [7, 11) is 1.49. The Bertz CT molecular complexity index is 866. The Balaban J connectivity index is 1.55. The van der Waals surface area contributed by atoms with Gasteiger partial charge in [0.2, 0.25) is 11.8 Å². The van der Waals surface area contributed by atoms with Crippen LogP contribution >= 0.6 is 11.8 Å². The molecule has 1 aliphatic heterocycles. The number of ether oxygens (including phenoxy) is 1. The van der Waals surface area contributed by atoms with Gasteiger partial charge >= 0.3 is 0 Å². The third-order valence-corrected chi connectivity index (χ3v) is 6.20. The van der Waals surface area contributed by atoms with Crippen LogP contribution in [0, 0.1) is 0 Å². The molecule has 1 aliphatic carbocycles. The van der Waals surface area contributed by atoms with Crippen LogP contribution in [-0.4, -0.2) is 31.3 Å². The highest BCUT2D eigenvalue weighted by Gasteiger charge is 2.34. The van der Waals surface area contributed by atoms with E-state index in [1.54, 1.807) is 11.8 Å². The van der Waals surface area contributed by atoms with E-state index in [0.717, 1.165) is 29.8 Å². The van der Waals surface area contributed by atoms with Gasteiger partial charge in [0.25, 0.3) is 0 Å². The number of hydrogen-bond acceptors (Lipinski definition) is 4. The summed E-state index contributed by atoms with van der Waals surface area (Å²) in [6.45, 7) is 0.0286. The second-order valence-corrected chi connectivity index (χ2v) is 7.91. The normalized spacial score (nSPS) is 18.6.